The highest BCUT2D eigenvalue weighted by atomic mass is 16.5. The second kappa shape index (κ2) is 5.21. The van der Waals surface area contributed by atoms with Gasteiger partial charge < -0.3 is 9.64 Å². The fourth-order valence-corrected chi connectivity index (χ4v) is 2.33. The third-order valence-electron chi connectivity index (χ3n) is 3.33. The Morgan fingerprint density at radius 3 is 2.83 bits per heavy atom. The van der Waals surface area contributed by atoms with Gasteiger partial charge in [-0.05, 0) is 25.5 Å². The quantitative estimate of drug-likeness (QED) is 0.750. The van der Waals surface area contributed by atoms with E-state index in [4.69, 9.17) is 4.74 Å². The molecule has 0 amide bonds. The molecule has 1 aromatic rings. The number of carbonyl (C=O) groups excluding carboxylic acids is 2. The van der Waals surface area contributed by atoms with E-state index in [1.54, 1.807) is 6.92 Å². The fourth-order valence-electron chi connectivity index (χ4n) is 2.33. The van der Waals surface area contributed by atoms with E-state index in [0.717, 1.165) is 12.1 Å². The Kier molecular flexibility index (Phi) is 3.65. The number of hydrogen-bond acceptors (Lipinski definition) is 4. The summed E-state index contributed by atoms with van der Waals surface area (Å²) < 4.78 is 4.78. The van der Waals surface area contributed by atoms with E-state index in [0.29, 0.717) is 18.5 Å². The zero-order chi connectivity index (χ0) is 13.1. The molecule has 18 heavy (non-hydrogen) atoms. The third-order valence-corrected chi connectivity index (χ3v) is 3.33. The molecule has 1 unspecified atom stereocenters. The molecule has 1 aliphatic rings. The summed E-state index contributed by atoms with van der Waals surface area (Å²) in [5, 5.41) is 0. The molecule has 0 aromatic heterocycles. The van der Waals surface area contributed by atoms with Gasteiger partial charge in [-0.3, -0.25) is 4.79 Å². The summed E-state index contributed by atoms with van der Waals surface area (Å²) in [6.07, 6.45) is 1.29. The molecule has 1 atom stereocenters. The van der Waals surface area contributed by atoms with Crippen molar-refractivity contribution in [2.24, 2.45) is 0 Å². The zero-order valence-electron chi connectivity index (χ0n) is 10.7. The molecular formula is C14H17NO3. The van der Waals surface area contributed by atoms with Crippen LogP contribution in [0.5, 0.6) is 0 Å². The maximum absolute atomic E-state index is 12.0. The monoisotopic (exact) mass is 247 g/mol. The van der Waals surface area contributed by atoms with Crippen molar-refractivity contribution < 1.29 is 14.3 Å². The van der Waals surface area contributed by atoms with Crippen LogP contribution in [0.2, 0.25) is 0 Å². The summed E-state index contributed by atoms with van der Waals surface area (Å²) in [6, 6.07) is 7.07. The van der Waals surface area contributed by atoms with Gasteiger partial charge in [0.2, 0.25) is 0 Å². The largest absolute Gasteiger partial charge is 0.467 e. The fraction of sp³-hybridized carbons (Fsp3) is 0.429. The molecule has 0 aliphatic carbocycles. The summed E-state index contributed by atoms with van der Waals surface area (Å²) >= 11 is 0. The summed E-state index contributed by atoms with van der Waals surface area (Å²) in [5.74, 6) is -0.135. The Morgan fingerprint density at radius 2 is 2.11 bits per heavy atom. The molecule has 0 saturated heterocycles. The number of para-hydroxylation sites is 1. The van der Waals surface area contributed by atoms with E-state index in [1.807, 2.05) is 29.2 Å². The zero-order valence-corrected chi connectivity index (χ0v) is 10.7. The van der Waals surface area contributed by atoms with Crippen LogP contribution in [0.3, 0.4) is 0 Å². The molecule has 0 fully saturated rings. The maximum atomic E-state index is 12.0. The van der Waals surface area contributed by atoms with Crippen molar-refractivity contribution in [3.05, 3.63) is 29.8 Å². The molecule has 0 radical (unpaired) electrons. The second-order valence-electron chi connectivity index (χ2n) is 4.44. The molecule has 2 rings (SSSR count). The summed E-state index contributed by atoms with van der Waals surface area (Å²) in [4.78, 5) is 25.6. The van der Waals surface area contributed by atoms with Crippen LogP contribution in [0.15, 0.2) is 24.3 Å². The molecule has 0 spiro atoms. The van der Waals surface area contributed by atoms with Crippen LogP contribution >= 0.6 is 0 Å². The number of anilines is 1. The number of hydrogen-bond donors (Lipinski definition) is 0. The highest BCUT2D eigenvalue weighted by molar-refractivity contribution is 6.02. The lowest BCUT2D eigenvalue weighted by Gasteiger charge is -2.29. The summed E-state index contributed by atoms with van der Waals surface area (Å²) in [5.41, 5.74) is 1.53. The smallest absolute Gasteiger partial charge is 0.328 e. The molecule has 4 nitrogen and oxygen atoms in total. The Hall–Kier alpha value is -1.84. The van der Waals surface area contributed by atoms with Crippen LogP contribution in [0, 0.1) is 0 Å². The molecule has 1 aliphatic heterocycles. The van der Waals surface area contributed by atoms with Crippen molar-refractivity contribution in [3.8, 4) is 0 Å². The van der Waals surface area contributed by atoms with Crippen LogP contribution < -0.4 is 4.90 Å². The number of esters is 1. The van der Waals surface area contributed by atoms with Gasteiger partial charge >= 0.3 is 5.97 Å². The summed E-state index contributed by atoms with van der Waals surface area (Å²) in [6.45, 7) is 2.50. The number of nitrogens with zero attached hydrogens (tertiary/aromatic N) is 1. The number of methoxy groups -OCH3 is 1. The van der Waals surface area contributed by atoms with Crippen molar-refractivity contribution in [3.63, 3.8) is 0 Å². The van der Waals surface area contributed by atoms with Gasteiger partial charge in [0.1, 0.15) is 6.04 Å². The molecule has 0 N–H and O–H groups in total. The van der Waals surface area contributed by atoms with Gasteiger partial charge in [-0.1, -0.05) is 12.1 Å². The third kappa shape index (κ3) is 2.23. The highest BCUT2D eigenvalue weighted by Gasteiger charge is 2.27. The van der Waals surface area contributed by atoms with Crippen molar-refractivity contribution in [1.82, 2.24) is 0 Å². The van der Waals surface area contributed by atoms with Crippen molar-refractivity contribution in [1.29, 1.82) is 0 Å². The number of fused-ring (bicyclic) bond motifs is 1. The lowest BCUT2D eigenvalue weighted by Crippen LogP contribution is -2.40. The Morgan fingerprint density at radius 1 is 1.39 bits per heavy atom. The second-order valence-corrected chi connectivity index (χ2v) is 4.44. The minimum atomic E-state index is -0.373. The van der Waals surface area contributed by atoms with Crippen molar-refractivity contribution in [2.75, 3.05) is 18.6 Å². The van der Waals surface area contributed by atoms with Crippen molar-refractivity contribution in [2.45, 2.75) is 25.8 Å². The van der Waals surface area contributed by atoms with E-state index >= 15 is 0 Å². The van der Waals surface area contributed by atoms with Crippen LogP contribution in [0.4, 0.5) is 5.69 Å². The first-order valence-electron chi connectivity index (χ1n) is 6.12. The standard InChI is InChI=1S/C14H17NO3/c1-10(14(17)18-2)15-9-5-8-13(16)11-6-3-4-7-12(11)15/h3-4,6-7,10H,5,8-9H2,1-2H3. The molecule has 96 valence electrons. The van der Waals surface area contributed by atoms with E-state index in [9.17, 15) is 9.59 Å². The van der Waals surface area contributed by atoms with E-state index in [-0.39, 0.29) is 17.8 Å². The SMILES string of the molecule is COC(=O)C(C)N1CCCC(=O)c2ccccc21. The van der Waals surface area contributed by atoms with Crippen molar-refractivity contribution >= 4 is 17.4 Å². The van der Waals surface area contributed by atoms with Crippen LogP contribution in [-0.4, -0.2) is 31.4 Å². The number of ketones is 1. The van der Waals surface area contributed by atoms with E-state index in [1.165, 1.54) is 7.11 Å². The normalized spacial score (nSPS) is 16.8. The molecule has 0 saturated carbocycles. The van der Waals surface area contributed by atoms with Gasteiger partial charge in [0.25, 0.3) is 0 Å². The molecule has 1 heterocycles. The lowest BCUT2D eigenvalue weighted by molar-refractivity contribution is -0.141. The van der Waals surface area contributed by atoms with Crippen LogP contribution in [0.1, 0.15) is 30.1 Å². The van der Waals surface area contributed by atoms with Gasteiger partial charge in [0.15, 0.2) is 5.78 Å². The first-order valence-corrected chi connectivity index (χ1v) is 6.12. The Bertz CT molecular complexity index is 470. The first-order chi connectivity index (χ1) is 8.65. The average Bonchev–Trinajstić information content (AvgIpc) is 2.57. The number of benzene rings is 1. The van der Waals surface area contributed by atoms with Gasteiger partial charge in [0, 0.05) is 24.2 Å². The molecule has 0 bridgehead atoms. The topological polar surface area (TPSA) is 46.6 Å². The van der Waals surface area contributed by atoms with Gasteiger partial charge in [-0.15, -0.1) is 0 Å². The van der Waals surface area contributed by atoms with E-state index in [2.05, 4.69) is 0 Å². The van der Waals surface area contributed by atoms with Gasteiger partial charge in [-0.2, -0.15) is 0 Å². The lowest BCUT2D eigenvalue weighted by atomic mass is 10.1. The maximum Gasteiger partial charge on any atom is 0.328 e. The molecule has 1 aromatic carbocycles. The van der Waals surface area contributed by atoms with Gasteiger partial charge in [-0.25, -0.2) is 4.79 Å². The highest BCUT2D eigenvalue weighted by Crippen LogP contribution is 2.27. The van der Waals surface area contributed by atoms with Gasteiger partial charge in [0.05, 0.1) is 7.11 Å². The van der Waals surface area contributed by atoms with Crippen LogP contribution in [-0.2, 0) is 9.53 Å². The predicted molar refractivity (Wildman–Crippen MR) is 68.8 cm³/mol. The number of Topliss-reactive ketones (excluding diaryl/α,β-unsaturated/α-hetero) is 1. The first kappa shape index (κ1) is 12.6. The predicted octanol–water partition coefficient (Wildman–Crippen LogP) is 2.03. The molecule has 4 heteroatoms. The molecular weight excluding hydrogens is 230 g/mol. The minimum Gasteiger partial charge on any atom is -0.467 e. The average molecular weight is 247 g/mol. The minimum absolute atomic E-state index is 0.144. The summed E-state index contributed by atoms with van der Waals surface area (Å²) in [7, 11) is 1.38. The van der Waals surface area contributed by atoms with E-state index < -0.39 is 0 Å². The Labute approximate surface area is 107 Å². The number of rotatable bonds is 2. The Balaban J connectivity index is 2.40. The number of carbonyl (C=O) groups is 2. The van der Waals surface area contributed by atoms with Crippen LogP contribution in [0.25, 0.3) is 0 Å². The number of ether oxygens (including phenoxy) is 1.